The van der Waals surface area contributed by atoms with Gasteiger partial charge in [0.15, 0.2) is 0 Å². The average Bonchev–Trinajstić information content (AvgIpc) is 3.12. The summed E-state index contributed by atoms with van der Waals surface area (Å²) >= 11 is 0. The molecule has 0 radical (unpaired) electrons. The highest BCUT2D eigenvalue weighted by molar-refractivity contribution is 5.39. The highest BCUT2D eigenvalue weighted by Crippen LogP contribution is 2.50. The molecule has 0 amide bonds. The smallest absolute Gasteiger partial charge is 0.224 e. The first kappa shape index (κ1) is 19.2. The molecule has 4 rings (SSSR count). The maximum Gasteiger partial charge on any atom is 0.224 e. The Kier molecular flexibility index (Phi) is 5.25. The second-order valence-corrected chi connectivity index (χ2v) is 8.36. The van der Waals surface area contributed by atoms with Gasteiger partial charge in [-0.25, -0.2) is 9.97 Å². The molecule has 0 bridgehead atoms. The van der Waals surface area contributed by atoms with Gasteiger partial charge in [-0.15, -0.1) is 0 Å². The number of aliphatic hydroxyl groups is 1. The lowest BCUT2D eigenvalue weighted by Gasteiger charge is -2.42. The Bertz CT molecular complexity index is 810. The van der Waals surface area contributed by atoms with Gasteiger partial charge < -0.3 is 14.7 Å². The molecule has 2 aromatic rings. The zero-order valence-corrected chi connectivity index (χ0v) is 17.0. The Morgan fingerprint density at radius 2 is 1.96 bits per heavy atom. The number of hydrogen-bond donors (Lipinski definition) is 1. The average molecular weight is 383 g/mol. The van der Waals surface area contributed by atoms with Crippen molar-refractivity contribution in [1.82, 2.24) is 14.9 Å². The summed E-state index contributed by atoms with van der Waals surface area (Å²) in [6.45, 7) is 2.72. The number of nitrogens with zero attached hydrogens (tertiary/aromatic N) is 4. The van der Waals surface area contributed by atoms with Gasteiger partial charge in [0, 0.05) is 63.2 Å². The van der Waals surface area contributed by atoms with Gasteiger partial charge in [0.05, 0.1) is 12.7 Å². The number of fused-ring (bicyclic) bond motifs is 1. The minimum Gasteiger partial charge on any atom is -0.496 e. The fraction of sp³-hybridized carbons (Fsp3) is 0.545. The summed E-state index contributed by atoms with van der Waals surface area (Å²) in [4.78, 5) is 13.2. The number of benzene rings is 1. The number of likely N-dealkylation sites (tertiary alicyclic amines) is 1. The first-order chi connectivity index (χ1) is 13.5. The van der Waals surface area contributed by atoms with Crippen molar-refractivity contribution >= 4 is 5.95 Å². The molecule has 0 spiro atoms. The van der Waals surface area contributed by atoms with Crippen molar-refractivity contribution in [2.45, 2.75) is 31.4 Å². The zero-order chi connectivity index (χ0) is 19.7. The van der Waals surface area contributed by atoms with Crippen molar-refractivity contribution in [2.75, 3.05) is 39.2 Å². The van der Waals surface area contributed by atoms with Crippen LogP contribution in [0.15, 0.2) is 36.7 Å². The van der Waals surface area contributed by atoms with Crippen LogP contribution in [0, 0.1) is 11.8 Å². The van der Waals surface area contributed by atoms with Gasteiger partial charge in [-0.2, -0.15) is 0 Å². The summed E-state index contributed by atoms with van der Waals surface area (Å²) in [6, 6.07) is 7.94. The van der Waals surface area contributed by atoms with E-state index in [-0.39, 0.29) is 5.92 Å². The first-order valence-electron chi connectivity index (χ1n) is 10.1. The van der Waals surface area contributed by atoms with E-state index >= 15 is 0 Å². The molecule has 0 unspecified atom stereocenters. The van der Waals surface area contributed by atoms with E-state index in [4.69, 9.17) is 4.74 Å². The van der Waals surface area contributed by atoms with E-state index in [2.05, 4.69) is 14.9 Å². The van der Waals surface area contributed by atoms with Crippen LogP contribution in [0.4, 0.5) is 5.95 Å². The summed E-state index contributed by atoms with van der Waals surface area (Å²) in [7, 11) is 5.57. The molecule has 1 N–H and O–H groups in total. The number of methoxy groups -OCH3 is 1. The van der Waals surface area contributed by atoms with E-state index in [9.17, 15) is 5.11 Å². The maximum atomic E-state index is 11.8. The van der Waals surface area contributed by atoms with Crippen LogP contribution >= 0.6 is 0 Å². The van der Waals surface area contributed by atoms with E-state index in [0.29, 0.717) is 5.92 Å². The van der Waals surface area contributed by atoms with Crippen molar-refractivity contribution in [3.05, 3.63) is 47.8 Å². The van der Waals surface area contributed by atoms with Crippen molar-refractivity contribution in [1.29, 1.82) is 0 Å². The van der Waals surface area contributed by atoms with Crippen LogP contribution in [0.1, 0.15) is 30.4 Å². The molecule has 2 aliphatic rings. The number of ether oxygens (including phenoxy) is 1. The standard InChI is InChI=1S/C22H30N4O2/c1-25(2)21-23-11-16(12-24-21)13-26-14-17-7-6-10-22(27,19(17)15-26)18-8-4-5-9-20(18)28-3/h4-5,8-9,11-12,17,19,27H,6-7,10,13-15H2,1-3H3/t17-,19+,22-/m1/s1. The molecule has 3 atom stereocenters. The van der Waals surface area contributed by atoms with Gasteiger partial charge in [-0.3, -0.25) is 4.90 Å². The number of para-hydroxylation sites is 1. The molecular formula is C22H30N4O2. The van der Waals surface area contributed by atoms with Crippen molar-refractivity contribution in [2.24, 2.45) is 11.8 Å². The van der Waals surface area contributed by atoms with Gasteiger partial charge in [0.1, 0.15) is 5.75 Å². The van der Waals surface area contributed by atoms with E-state index < -0.39 is 5.60 Å². The molecule has 6 heteroatoms. The summed E-state index contributed by atoms with van der Waals surface area (Å²) < 4.78 is 5.57. The van der Waals surface area contributed by atoms with Gasteiger partial charge in [0.25, 0.3) is 0 Å². The summed E-state index contributed by atoms with van der Waals surface area (Å²) in [5.41, 5.74) is 1.23. The molecule has 1 aromatic heterocycles. The van der Waals surface area contributed by atoms with E-state index in [1.54, 1.807) is 7.11 Å². The molecule has 1 saturated heterocycles. The largest absolute Gasteiger partial charge is 0.496 e. The van der Waals surface area contributed by atoms with Gasteiger partial charge in [-0.05, 0) is 31.2 Å². The third kappa shape index (κ3) is 3.47. The van der Waals surface area contributed by atoms with Crippen LogP contribution in [-0.4, -0.2) is 54.3 Å². The zero-order valence-electron chi connectivity index (χ0n) is 17.0. The third-order valence-electron chi connectivity index (χ3n) is 6.33. The lowest BCUT2D eigenvalue weighted by molar-refractivity contribution is -0.0662. The second kappa shape index (κ2) is 7.68. The Balaban J connectivity index is 1.53. The highest BCUT2D eigenvalue weighted by Gasteiger charge is 2.50. The summed E-state index contributed by atoms with van der Waals surface area (Å²) in [6.07, 6.45) is 6.84. The van der Waals surface area contributed by atoms with Crippen LogP contribution in [-0.2, 0) is 12.1 Å². The van der Waals surface area contributed by atoms with Gasteiger partial charge in [0.2, 0.25) is 5.95 Å². The van der Waals surface area contributed by atoms with Crippen LogP contribution in [0.2, 0.25) is 0 Å². The quantitative estimate of drug-likeness (QED) is 0.858. The predicted octanol–water partition coefficient (Wildman–Crippen LogP) is 2.67. The van der Waals surface area contributed by atoms with Gasteiger partial charge in [-0.1, -0.05) is 18.2 Å². The fourth-order valence-electron chi connectivity index (χ4n) is 5.00. The van der Waals surface area contributed by atoms with Crippen LogP contribution in [0.3, 0.4) is 0 Å². The van der Waals surface area contributed by atoms with Crippen LogP contribution in [0.25, 0.3) is 0 Å². The Hall–Kier alpha value is -2.18. The normalized spacial score (nSPS) is 27.4. The summed E-state index contributed by atoms with van der Waals surface area (Å²) in [5.74, 6) is 2.24. The minimum absolute atomic E-state index is 0.222. The van der Waals surface area contributed by atoms with E-state index in [0.717, 1.165) is 55.3 Å². The number of rotatable bonds is 5. The predicted molar refractivity (Wildman–Crippen MR) is 109 cm³/mol. The summed E-state index contributed by atoms with van der Waals surface area (Å²) in [5, 5.41) is 11.8. The molecule has 1 aliphatic heterocycles. The number of hydrogen-bond acceptors (Lipinski definition) is 6. The molecule has 1 aliphatic carbocycles. The second-order valence-electron chi connectivity index (χ2n) is 8.36. The van der Waals surface area contributed by atoms with Crippen molar-refractivity contribution in [3.63, 3.8) is 0 Å². The molecular weight excluding hydrogens is 352 g/mol. The van der Waals surface area contributed by atoms with Crippen molar-refractivity contribution < 1.29 is 9.84 Å². The number of aromatic nitrogens is 2. The van der Waals surface area contributed by atoms with E-state index in [1.165, 1.54) is 6.42 Å². The molecule has 150 valence electrons. The van der Waals surface area contributed by atoms with Gasteiger partial charge >= 0.3 is 0 Å². The van der Waals surface area contributed by atoms with Crippen molar-refractivity contribution in [3.8, 4) is 5.75 Å². The SMILES string of the molecule is COc1ccccc1[C@]1(O)CCC[C@@H]2CN(Cc3cnc(N(C)C)nc3)C[C@@H]21. The lowest BCUT2D eigenvalue weighted by Crippen LogP contribution is -2.43. The molecule has 1 aromatic carbocycles. The molecule has 1 saturated carbocycles. The van der Waals surface area contributed by atoms with E-state index in [1.807, 2.05) is 55.7 Å². The topological polar surface area (TPSA) is 61.7 Å². The van der Waals surface area contributed by atoms with Crippen LogP contribution in [0.5, 0.6) is 5.75 Å². The Labute approximate surface area is 167 Å². The Morgan fingerprint density at radius 3 is 2.68 bits per heavy atom. The first-order valence-corrected chi connectivity index (χ1v) is 10.1. The molecule has 2 heterocycles. The molecule has 28 heavy (non-hydrogen) atoms. The molecule has 6 nitrogen and oxygen atoms in total. The monoisotopic (exact) mass is 382 g/mol. The third-order valence-corrected chi connectivity index (χ3v) is 6.33. The van der Waals surface area contributed by atoms with Crippen LogP contribution < -0.4 is 9.64 Å². The Morgan fingerprint density at radius 1 is 1.21 bits per heavy atom. The fourth-order valence-corrected chi connectivity index (χ4v) is 5.00. The molecule has 2 fully saturated rings. The number of anilines is 1. The minimum atomic E-state index is -0.824. The lowest BCUT2D eigenvalue weighted by atomic mass is 9.67. The highest BCUT2D eigenvalue weighted by atomic mass is 16.5. The maximum absolute atomic E-state index is 11.8.